The molecule has 0 saturated carbocycles. The Morgan fingerprint density at radius 3 is 2.53 bits per heavy atom. The van der Waals surface area contributed by atoms with Crippen LogP contribution in [0, 0.1) is 13.8 Å². The van der Waals surface area contributed by atoms with Crippen LogP contribution in [0.5, 0.6) is 11.5 Å². The third kappa shape index (κ3) is 4.65. The summed E-state index contributed by atoms with van der Waals surface area (Å²) >= 11 is 0. The number of nitrogens with zero attached hydrogens (tertiary/aromatic N) is 1. The highest BCUT2D eigenvalue weighted by molar-refractivity contribution is 6.09. The zero-order valence-corrected chi connectivity index (χ0v) is 19.7. The minimum absolute atomic E-state index is 0.237. The lowest BCUT2D eigenvalue weighted by Crippen LogP contribution is -2.41. The Kier molecular flexibility index (Phi) is 7.24. The van der Waals surface area contributed by atoms with Crippen LogP contribution in [0.3, 0.4) is 0 Å². The Bertz CT molecular complexity index is 1020. The molecule has 172 valence electrons. The second-order valence-electron chi connectivity index (χ2n) is 8.65. The number of anilines is 1. The lowest BCUT2D eigenvalue weighted by Gasteiger charge is -2.23. The molecule has 2 aromatic rings. The van der Waals surface area contributed by atoms with E-state index >= 15 is 0 Å². The number of Topliss-reactive ketones (excluding diaryl/α,β-unsaturated/α-hetero) is 1. The number of carbonyl (C=O) groups excluding carboxylic acids is 2. The fraction of sp³-hybridized carbons (Fsp3) is 0.462. The molecule has 1 heterocycles. The van der Waals surface area contributed by atoms with E-state index in [-0.39, 0.29) is 18.7 Å². The first-order valence-corrected chi connectivity index (χ1v) is 11.2. The van der Waals surface area contributed by atoms with Gasteiger partial charge in [0.05, 0.1) is 25.9 Å². The predicted octanol–water partition coefficient (Wildman–Crippen LogP) is 4.59. The van der Waals surface area contributed by atoms with Crippen molar-refractivity contribution >= 4 is 17.4 Å². The minimum Gasteiger partial charge on any atom is -0.493 e. The quantitative estimate of drug-likeness (QED) is 0.548. The van der Waals surface area contributed by atoms with E-state index in [4.69, 9.17) is 9.47 Å². The summed E-state index contributed by atoms with van der Waals surface area (Å²) < 4.78 is 11.4. The van der Waals surface area contributed by atoms with Gasteiger partial charge in [-0.15, -0.1) is 0 Å². The van der Waals surface area contributed by atoms with E-state index < -0.39 is 11.5 Å². The van der Waals surface area contributed by atoms with Gasteiger partial charge in [-0.3, -0.25) is 9.59 Å². The molecule has 0 fully saturated rings. The van der Waals surface area contributed by atoms with Crippen LogP contribution in [0.4, 0.5) is 5.69 Å². The summed E-state index contributed by atoms with van der Waals surface area (Å²) in [5.41, 5.74) is 1.99. The molecule has 3 rings (SSSR count). The number of amides is 1. The molecule has 1 aliphatic rings. The SMILES string of the molecule is CCCCCOc1ccc(CN2C(=O)C(O)(CC(C)=O)c3cc(C)cc(C)c32)cc1OC. The van der Waals surface area contributed by atoms with Crippen molar-refractivity contribution in [2.75, 3.05) is 18.6 Å². The van der Waals surface area contributed by atoms with E-state index in [1.165, 1.54) is 6.92 Å². The summed E-state index contributed by atoms with van der Waals surface area (Å²) in [4.78, 5) is 26.8. The predicted molar refractivity (Wildman–Crippen MR) is 124 cm³/mol. The first kappa shape index (κ1) is 23.8. The number of ketones is 1. The molecule has 0 aliphatic carbocycles. The number of fused-ring (bicyclic) bond motifs is 1. The number of methoxy groups -OCH3 is 1. The van der Waals surface area contributed by atoms with Crippen LogP contribution in [-0.4, -0.2) is 30.5 Å². The van der Waals surface area contributed by atoms with Gasteiger partial charge in [-0.2, -0.15) is 0 Å². The van der Waals surface area contributed by atoms with Crippen molar-refractivity contribution in [1.29, 1.82) is 0 Å². The van der Waals surface area contributed by atoms with Crippen molar-refractivity contribution in [1.82, 2.24) is 0 Å². The number of unbranched alkanes of at least 4 members (excludes halogenated alkanes) is 2. The van der Waals surface area contributed by atoms with Crippen molar-refractivity contribution in [2.45, 2.75) is 65.5 Å². The molecule has 1 N–H and O–H groups in total. The Balaban J connectivity index is 1.92. The maximum atomic E-state index is 13.4. The number of hydrogen-bond donors (Lipinski definition) is 1. The van der Waals surface area contributed by atoms with Gasteiger partial charge in [0.1, 0.15) is 5.78 Å². The number of carbonyl (C=O) groups is 2. The molecule has 1 amide bonds. The number of ether oxygens (including phenoxy) is 2. The van der Waals surface area contributed by atoms with Gasteiger partial charge in [-0.25, -0.2) is 0 Å². The topological polar surface area (TPSA) is 76.1 Å². The van der Waals surface area contributed by atoms with Gasteiger partial charge in [-0.1, -0.05) is 43.5 Å². The molecule has 6 heteroatoms. The van der Waals surface area contributed by atoms with E-state index in [2.05, 4.69) is 6.92 Å². The van der Waals surface area contributed by atoms with Crippen molar-refractivity contribution in [3.8, 4) is 11.5 Å². The number of aliphatic hydroxyl groups is 1. The minimum atomic E-state index is -1.84. The highest BCUT2D eigenvalue weighted by Crippen LogP contribution is 2.46. The second-order valence-corrected chi connectivity index (χ2v) is 8.65. The molecule has 2 aromatic carbocycles. The van der Waals surface area contributed by atoms with Crippen LogP contribution in [0.2, 0.25) is 0 Å². The van der Waals surface area contributed by atoms with Crippen molar-refractivity contribution < 1.29 is 24.2 Å². The fourth-order valence-corrected chi connectivity index (χ4v) is 4.40. The highest BCUT2D eigenvalue weighted by atomic mass is 16.5. The summed E-state index contributed by atoms with van der Waals surface area (Å²) in [6, 6.07) is 9.39. The molecule has 0 aromatic heterocycles. The summed E-state index contributed by atoms with van der Waals surface area (Å²) in [5, 5.41) is 11.3. The van der Waals surface area contributed by atoms with E-state index in [1.54, 1.807) is 18.1 Å². The van der Waals surface area contributed by atoms with Crippen LogP contribution < -0.4 is 14.4 Å². The van der Waals surface area contributed by atoms with Crippen molar-refractivity contribution in [2.24, 2.45) is 0 Å². The molecule has 0 radical (unpaired) electrons. The van der Waals surface area contributed by atoms with Crippen LogP contribution in [0.25, 0.3) is 0 Å². The van der Waals surface area contributed by atoms with E-state index in [0.29, 0.717) is 29.4 Å². The number of rotatable bonds is 10. The molecule has 32 heavy (non-hydrogen) atoms. The maximum absolute atomic E-state index is 13.4. The molecular formula is C26H33NO5. The van der Waals surface area contributed by atoms with E-state index in [0.717, 1.165) is 36.0 Å². The number of aryl methyl sites for hydroxylation is 2. The summed E-state index contributed by atoms with van der Waals surface area (Å²) in [6.45, 7) is 8.24. The molecule has 0 bridgehead atoms. The molecule has 0 saturated heterocycles. The van der Waals surface area contributed by atoms with Gasteiger partial charge in [0.25, 0.3) is 5.91 Å². The van der Waals surface area contributed by atoms with Gasteiger partial charge < -0.3 is 19.5 Å². The Hall–Kier alpha value is -2.86. The van der Waals surface area contributed by atoms with Gasteiger partial charge in [-0.05, 0) is 50.5 Å². The van der Waals surface area contributed by atoms with Crippen LogP contribution in [0.1, 0.15) is 61.8 Å². The van der Waals surface area contributed by atoms with Crippen LogP contribution >= 0.6 is 0 Å². The standard InChI is InChI=1S/C26H33NO5/c1-6-7-8-11-32-22-10-9-20(14-23(22)31-5)16-27-24-18(3)12-17(2)13-21(24)26(30,25(27)29)15-19(4)28/h9-10,12-14,30H,6-8,11,15-16H2,1-5H3. The molecule has 0 spiro atoms. The molecule has 6 nitrogen and oxygen atoms in total. The van der Waals surface area contributed by atoms with E-state index in [9.17, 15) is 14.7 Å². The van der Waals surface area contributed by atoms with Crippen molar-refractivity contribution in [3.05, 3.63) is 52.6 Å². The van der Waals surface area contributed by atoms with Gasteiger partial charge in [0.2, 0.25) is 0 Å². The smallest absolute Gasteiger partial charge is 0.264 e. The van der Waals surface area contributed by atoms with Gasteiger partial charge >= 0.3 is 0 Å². The molecule has 1 unspecified atom stereocenters. The normalized spacial score (nSPS) is 17.4. The van der Waals surface area contributed by atoms with Crippen LogP contribution in [-0.2, 0) is 21.7 Å². The summed E-state index contributed by atoms with van der Waals surface area (Å²) in [6.07, 6.45) is 2.97. The van der Waals surface area contributed by atoms with Gasteiger partial charge in [0, 0.05) is 12.0 Å². The number of hydrogen-bond acceptors (Lipinski definition) is 5. The third-order valence-electron chi connectivity index (χ3n) is 5.84. The summed E-state index contributed by atoms with van der Waals surface area (Å²) in [7, 11) is 1.59. The average Bonchev–Trinajstić information content (AvgIpc) is 2.93. The van der Waals surface area contributed by atoms with Crippen LogP contribution in [0.15, 0.2) is 30.3 Å². The Morgan fingerprint density at radius 1 is 1.12 bits per heavy atom. The zero-order valence-electron chi connectivity index (χ0n) is 19.7. The molecule has 1 atom stereocenters. The largest absolute Gasteiger partial charge is 0.493 e. The highest BCUT2D eigenvalue weighted by Gasteiger charge is 2.51. The molecule has 1 aliphatic heterocycles. The van der Waals surface area contributed by atoms with Gasteiger partial charge in [0.15, 0.2) is 17.1 Å². The lowest BCUT2D eigenvalue weighted by molar-refractivity contribution is -0.141. The monoisotopic (exact) mass is 439 g/mol. The fourth-order valence-electron chi connectivity index (χ4n) is 4.40. The first-order chi connectivity index (χ1) is 15.2. The Morgan fingerprint density at radius 2 is 1.88 bits per heavy atom. The zero-order chi connectivity index (χ0) is 23.5. The third-order valence-corrected chi connectivity index (χ3v) is 5.84. The van der Waals surface area contributed by atoms with E-state index in [1.807, 2.05) is 38.1 Å². The first-order valence-electron chi connectivity index (χ1n) is 11.2. The number of benzene rings is 2. The average molecular weight is 440 g/mol. The van der Waals surface area contributed by atoms with Crippen molar-refractivity contribution in [3.63, 3.8) is 0 Å². The maximum Gasteiger partial charge on any atom is 0.264 e. The molecular weight excluding hydrogens is 406 g/mol. The summed E-state index contributed by atoms with van der Waals surface area (Å²) in [5.74, 6) is 0.556. The second kappa shape index (κ2) is 9.74. The Labute approximate surface area is 190 Å². The lowest BCUT2D eigenvalue weighted by atomic mass is 9.88.